The first kappa shape index (κ1) is 12.7. The standard InChI is InChI=1S/C14H14N2OS2/c1-9(15)13(12-7-4-8-18-12)19-14-16-10-5-2-3-6-11(10)17-14/h2-9,13H,15H2,1H3. The predicted molar refractivity (Wildman–Crippen MR) is 80.6 cm³/mol. The molecule has 0 amide bonds. The Morgan fingerprint density at radius 1 is 1.26 bits per heavy atom. The first-order valence-electron chi connectivity index (χ1n) is 6.05. The average Bonchev–Trinajstić information content (AvgIpc) is 3.04. The van der Waals surface area contributed by atoms with Crippen LogP contribution in [0.25, 0.3) is 11.1 Å². The maximum atomic E-state index is 6.09. The number of rotatable bonds is 4. The second-order valence-electron chi connectivity index (χ2n) is 4.36. The van der Waals surface area contributed by atoms with Crippen molar-refractivity contribution in [2.45, 2.75) is 23.4 Å². The Balaban J connectivity index is 1.89. The molecule has 3 rings (SSSR count). The molecular formula is C14H14N2OS2. The average molecular weight is 290 g/mol. The largest absolute Gasteiger partial charge is 0.431 e. The Hall–Kier alpha value is -1.30. The molecule has 0 bridgehead atoms. The van der Waals surface area contributed by atoms with Crippen LogP contribution in [0.3, 0.4) is 0 Å². The van der Waals surface area contributed by atoms with E-state index in [4.69, 9.17) is 10.2 Å². The molecule has 0 aliphatic heterocycles. The Bertz CT molecular complexity index is 628. The zero-order valence-corrected chi connectivity index (χ0v) is 12.1. The van der Waals surface area contributed by atoms with Gasteiger partial charge in [0, 0.05) is 10.9 Å². The summed E-state index contributed by atoms with van der Waals surface area (Å²) in [5.41, 5.74) is 7.79. The molecule has 0 radical (unpaired) electrons. The summed E-state index contributed by atoms with van der Waals surface area (Å²) in [7, 11) is 0. The van der Waals surface area contributed by atoms with E-state index in [0.29, 0.717) is 5.22 Å². The van der Waals surface area contributed by atoms with Gasteiger partial charge in [0.1, 0.15) is 5.52 Å². The van der Waals surface area contributed by atoms with Gasteiger partial charge >= 0.3 is 0 Å². The quantitative estimate of drug-likeness (QED) is 0.736. The number of nitrogens with zero attached hydrogens (tertiary/aromatic N) is 1. The molecule has 0 aliphatic carbocycles. The number of aromatic nitrogens is 1. The SMILES string of the molecule is CC(N)C(Sc1nc2ccccc2o1)c1cccs1. The molecule has 0 saturated carbocycles. The van der Waals surface area contributed by atoms with Gasteiger partial charge in [0.15, 0.2) is 5.58 Å². The van der Waals surface area contributed by atoms with Gasteiger partial charge in [-0.05, 0) is 30.5 Å². The maximum absolute atomic E-state index is 6.09. The Morgan fingerprint density at radius 3 is 2.79 bits per heavy atom. The molecule has 0 aliphatic rings. The third-order valence-corrected chi connectivity index (χ3v) is 5.22. The molecular weight excluding hydrogens is 276 g/mol. The molecule has 2 heterocycles. The second-order valence-corrected chi connectivity index (χ2v) is 6.43. The lowest BCUT2D eigenvalue weighted by Gasteiger charge is -2.16. The van der Waals surface area contributed by atoms with Gasteiger partial charge in [-0.3, -0.25) is 0 Å². The zero-order valence-electron chi connectivity index (χ0n) is 10.4. The number of thiophene rings is 1. The number of benzene rings is 1. The molecule has 2 N–H and O–H groups in total. The fourth-order valence-electron chi connectivity index (χ4n) is 1.89. The Morgan fingerprint density at radius 2 is 2.11 bits per heavy atom. The molecule has 1 aromatic carbocycles. The number of fused-ring (bicyclic) bond motifs is 1. The van der Waals surface area contributed by atoms with Crippen LogP contribution in [-0.4, -0.2) is 11.0 Å². The van der Waals surface area contributed by atoms with E-state index < -0.39 is 0 Å². The van der Waals surface area contributed by atoms with Crippen molar-refractivity contribution in [3.63, 3.8) is 0 Å². The summed E-state index contributed by atoms with van der Waals surface area (Å²) < 4.78 is 5.75. The Labute approximate surface area is 119 Å². The highest BCUT2D eigenvalue weighted by Crippen LogP contribution is 2.39. The van der Waals surface area contributed by atoms with Gasteiger partial charge in [0.2, 0.25) is 0 Å². The van der Waals surface area contributed by atoms with Crippen molar-refractivity contribution in [3.8, 4) is 0 Å². The summed E-state index contributed by atoms with van der Waals surface area (Å²) >= 11 is 3.30. The summed E-state index contributed by atoms with van der Waals surface area (Å²) in [5.74, 6) is 0. The van der Waals surface area contributed by atoms with Crippen molar-refractivity contribution in [2.75, 3.05) is 0 Å². The van der Waals surface area contributed by atoms with Crippen LogP contribution in [0, 0.1) is 0 Å². The number of oxazole rings is 1. The lowest BCUT2D eigenvalue weighted by molar-refractivity contribution is 0.487. The van der Waals surface area contributed by atoms with Crippen LogP contribution in [-0.2, 0) is 0 Å². The van der Waals surface area contributed by atoms with Crippen molar-refractivity contribution in [1.29, 1.82) is 0 Å². The van der Waals surface area contributed by atoms with Crippen LogP contribution in [0.2, 0.25) is 0 Å². The number of nitrogens with two attached hydrogens (primary N) is 1. The van der Waals surface area contributed by atoms with Crippen LogP contribution in [0.5, 0.6) is 0 Å². The van der Waals surface area contributed by atoms with E-state index in [2.05, 4.69) is 16.4 Å². The van der Waals surface area contributed by atoms with Gasteiger partial charge < -0.3 is 10.2 Å². The summed E-state index contributed by atoms with van der Waals surface area (Å²) in [6.07, 6.45) is 0. The highest BCUT2D eigenvalue weighted by atomic mass is 32.2. The highest BCUT2D eigenvalue weighted by molar-refractivity contribution is 7.99. The summed E-state index contributed by atoms with van der Waals surface area (Å²) in [4.78, 5) is 5.74. The number of thioether (sulfide) groups is 1. The molecule has 3 aromatic rings. The lowest BCUT2D eigenvalue weighted by Crippen LogP contribution is -2.21. The first-order valence-corrected chi connectivity index (χ1v) is 7.81. The topological polar surface area (TPSA) is 52.0 Å². The maximum Gasteiger partial charge on any atom is 0.257 e. The molecule has 0 spiro atoms. The number of hydrogen-bond donors (Lipinski definition) is 1. The normalized spacial score (nSPS) is 14.6. The highest BCUT2D eigenvalue weighted by Gasteiger charge is 2.21. The summed E-state index contributed by atoms with van der Waals surface area (Å²) in [6, 6.07) is 12.0. The van der Waals surface area contributed by atoms with E-state index in [-0.39, 0.29) is 11.3 Å². The molecule has 2 atom stereocenters. The zero-order chi connectivity index (χ0) is 13.2. The van der Waals surface area contributed by atoms with Crippen molar-refractivity contribution in [2.24, 2.45) is 5.73 Å². The van der Waals surface area contributed by atoms with Crippen LogP contribution in [0.1, 0.15) is 17.1 Å². The molecule has 0 saturated heterocycles. The molecule has 2 unspecified atom stereocenters. The molecule has 5 heteroatoms. The van der Waals surface area contributed by atoms with Crippen molar-refractivity contribution >= 4 is 34.2 Å². The van der Waals surface area contributed by atoms with Crippen LogP contribution >= 0.6 is 23.1 Å². The van der Waals surface area contributed by atoms with Gasteiger partial charge in [-0.1, -0.05) is 30.0 Å². The lowest BCUT2D eigenvalue weighted by atomic mass is 10.2. The third-order valence-electron chi connectivity index (χ3n) is 2.80. The van der Waals surface area contributed by atoms with Crippen LogP contribution in [0.15, 0.2) is 51.4 Å². The van der Waals surface area contributed by atoms with Gasteiger partial charge in [-0.25, -0.2) is 4.98 Å². The minimum Gasteiger partial charge on any atom is -0.431 e. The van der Waals surface area contributed by atoms with Gasteiger partial charge in [0.05, 0.1) is 5.25 Å². The van der Waals surface area contributed by atoms with Crippen molar-refractivity contribution < 1.29 is 4.42 Å². The fourth-order valence-corrected chi connectivity index (χ4v) is 3.93. The van der Waals surface area contributed by atoms with E-state index in [1.54, 1.807) is 23.1 Å². The number of para-hydroxylation sites is 2. The van der Waals surface area contributed by atoms with Crippen molar-refractivity contribution in [3.05, 3.63) is 46.7 Å². The van der Waals surface area contributed by atoms with E-state index in [1.165, 1.54) is 4.88 Å². The minimum atomic E-state index is 0.0404. The molecule has 98 valence electrons. The van der Waals surface area contributed by atoms with Crippen LogP contribution in [0.4, 0.5) is 0 Å². The summed E-state index contributed by atoms with van der Waals surface area (Å²) in [6.45, 7) is 2.01. The van der Waals surface area contributed by atoms with E-state index in [9.17, 15) is 0 Å². The predicted octanol–water partition coefficient (Wildman–Crippen LogP) is 4.07. The van der Waals surface area contributed by atoms with E-state index in [1.807, 2.05) is 37.3 Å². The second kappa shape index (κ2) is 5.36. The number of hydrogen-bond acceptors (Lipinski definition) is 5. The van der Waals surface area contributed by atoms with Crippen molar-refractivity contribution in [1.82, 2.24) is 4.98 Å². The minimum absolute atomic E-state index is 0.0404. The van der Waals surface area contributed by atoms with E-state index in [0.717, 1.165) is 11.1 Å². The molecule has 19 heavy (non-hydrogen) atoms. The van der Waals surface area contributed by atoms with E-state index >= 15 is 0 Å². The molecule has 0 fully saturated rings. The van der Waals surface area contributed by atoms with Crippen LogP contribution < -0.4 is 5.73 Å². The molecule has 3 nitrogen and oxygen atoms in total. The van der Waals surface area contributed by atoms with Gasteiger partial charge in [-0.2, -0.15) is 0 Å². The smallest absolute Gasteiger partial charge is 0.257 e. The molecule has 2 aromatic heterocycles. The fraction of sp³-hybridized carbons (Fsp3) is 0.214. The monoisotopic (exact) mass is 290 g/mol. The first-order chi connectivity index (χ1) is 9.24. The van der Waals surface area contributed by atoms with Gasteiger partial charge in [-0.15, -0.1) is 11.3 Å². The van der Waals surface area contributed by atoms with Gasteiger partial charge in [0.25, 0.3) is 5.22 Å². The summed E-state index contributed by atoms with van der Waals surface area (Å²) in [5, 5.41) is 2.92. The Kier molecular flexibility index (Phi) is 3.59. The third kappa shape index (κ3) is 2.68.